The molecule has 0 unspecified atom stereocenters. The first-order chi connectivity index (χ1) is 5.61. The van der Waals surface area contributed by atoms with E-state index < -0.39 is 12.2 Å². The minimum Gasteiger partial charge on any atom is -0.528 e. The van der Waals surface area contributed by atoms with Crippen LogP contribution in [0.4, 0.5) is 9.59 Å². The van der Waals surface area contributed by atoms with Gasteiger partial charge in [0.15, 0.2) is 12.2 Å². The predicted octanol–water partition coefficient (Wildman–Crippen LogP) is -0.397. The Morgan fingerprint density at radius 3 is 1.08 bits per heavy atom. The van der Waals surface area contributed by atoms with Crippen molar-refractivity contribution in [3.63, 3.8) is 0 Å². The Hall–Kier alpha value is 0.0434. The molecule has 0 saturated carbocycles. The van der Waals surface area contributed by atoms with Gasteiger partial charge in [0.25, 0.3) is 0 Å². The van der Waals surface area contributed by atoms with Gasteiger partial charge < -0.3 is 19.8 Å². The van der Waals surface area contributed by atoms with Crippen molar-refractivity contribution < 1.29 is 39.3 Å². The van der Waals surface area contributed by atoms with Crippen LogP contribution in [0.25, 0.3) is 0 Å². The summed E-state index contributed by atoms with van der Waals surface area (Å²) in [6.07, 6.45) is -2.24. The van der Waals surface area contributed by atoms with Crippen molar-refractivity contribution in [1.29, 1.82) is 0 Å². The molecule has 2 aromatic heterocycles. The van der Waals surface area contributed by atoms with Crippen molar-refractivity contribution >= 4 is 54.3 Å². The SMILES string of the molecule is O=C([O-])n1ss1.O=C([O-])n1ss1.[Zn+2]. The van der Waals surface area contributed by atoms with E-state index >= 15 is 0 Å². The topological polar surface area (TPSA) is 90.1 Å². The zero-order valence-corrected chi connectivity index (χ0v) is 12.1. The number of rotatable bonds is 0. The zero-order valence-electron chi connectivity index (χ0n) is 5.87. The van der Waals surface area contributed by atoms with Crippen LogP contribution in [0.3, 0.4) is 0 Å². The van der Waals surface area contributed by atoms with Gasteiger partial charge in [-0.25, -0.2) is 0 Å². The van der Waals surface area contributed by atoms with Crippen LogP contribution in [0.2, 0.25) is 0 Å². The molecule has 2 heterocycles. The third-order valence-corrected chi connectivity index (χ3v) is 3.58. The molecule has 0 saturated heterocycles. The van der Waals surface area contributed by atoms with E-state index in [1.54, 1.807) is 0 Å². The molecule has 2 rings (SSSR count). The molecule has 0 fully saturated rings. The first-order valence-corrected chi connectivity index (χ1v) is 6.45. The summed E-state index contributed by atoms with van der Waals surface area (Å²) < 4.78 is 2.11. The standard InChI is InChI=1S/2CHNO2S2.Zn/c2*3-1(4)2-5-6-2;/h2*(H,3,4);/q;;+2/p-2. The van der Waals surface area contributed by atoms with Gasteiger partial charge in [-0.05, 0) is 0 Å². The molecular formula is C2N2O4S4Zn. The molecule has 0 aliphatic carbocycles. The fraction of sp³-hybridized carbons (Fsp3) is 0. The molecule has 0 bridgehead atoms. The van der Waals surface area contributed by atoms with E-state index in [0.717, 1.165) is 48.8 Å². The summed E-state index contributed by atoms with van der Waals surface area (Å²) in [5.74, 6) is 0. The number of carbonyl (C=O) groups is 2. The summed E-state index contributed by atoms with van der Waals surface area (Å²) in [5.41, 5.74) is 0. The number of carbonyl (C=O) groups excluding carboxylic acids is 2. The van der Waals surface area contributed by atoms with Crippen molar-refractivity contribution in [3.8, 4) is 0 Å². The number of hydrogen-bond donors (Lipinski definition) is 0. The van der Waals surface area contributed by atoms with E-state index in [-0.39, 0.29) is 19.5 Å². The second-order valence-electron chi connectivity index (χ2n) is 1.34. The van der Waals surface area contributed by atoms with Crippen LogP contribution in [0.1, 0.15) is 0 Å². The molecule has 0 aromatic carbocycles. The van der Waals surface area contributed by atoms with Crippen molar-refractivity contribution in [3.05, 3.63) is 0 Å². The number of nitrogens with zero attached hydrogens (tertiary/aromatic N) is 2. The van der Waals surface area contributed by atoms with E-state index in [4.69, 9.17) is 0 Å². The number of hydrogen-bond acceptors (Lipinski definition) is 8. The maximum Gasteiger partial charge on any atom is 2.00 e. The van der Waals surface area contributed by atoms with Crippen LogP contribution < -0.4 is 10.2 Å². The normalized spacial score (nSPS) is 8.62. The van der Waals surface area contributed by atoms with Gasteiger partial charge in [-0.2, -0.15) is 6.69 Å². The number of aromatic nitrogens is 2. The van der Waals surface area contributed by atoms with E-state index in [2.05, 4.69) is 0 Å². The molecule has 13 heavy (non-hydrogen) atoms. The van der Waals surface area contributed by atoms with Crippen LogP contribution in [0.15, 0.2) is 0 Å². The maximum absolute atomic E-state index is 9.53. The van der Waals surface area contributed by atoms with E-state index in [9.17, 15) is 19.8 Å². The summed E-state index contributed by atoms with van der Waals surface area (Å²) in [7, 11) is 4.66. The largest absolute Gasteiger partial charge is 2.00 e. The second kappa shape index (κ2) is 5.71. The van der Waals surface area contributed by atoms with E-state index in [1.165, 1.54) is 0 Å². The molecule has 0 N–H and O–H groups in total. The van der Waals surface area contributed by atoms with Gasteiger partial charge in [0.05, 0.1) is 0 Å². The van der Waals surface area contributed by atoms with Gasteiger partial charge in [0, 0.05) is 42.1 Å². The van der Waals surface area contributed by atoms with Crippen LogP contribution in [-0.2, 0) is 19.5 Å². The Kier molecular flexibility index (Phi) is 5.73. The van der Waals surface area contributed by atoms with Gasteiger partial charge in [-0.1, -0.05) is 0 Å². The third kappa shape index (κ3) is 6.16. The summed E-state index contributed by atoms with van der Waals surface area (Å²) in [4.78, 5) is 19.1. The molecule has 0 amide bonds. The van der Waals surface area contributed by atoms with Crippen molar-refractivity contribution in [2.45, 2.75) is 0 Å². The fourth-order valence-electron chi connectivity index (χ4n) is 0.155. The first kappa shape index (κ1) is 13.0. The molecule has 0 atom stereocenters. The van der Waals surface area contributed by atoms with Crippen molar-refractivity contribution in [2.75, 3.05) is 0 Å². The summed E-state index contributed by atoms with van der Waals surface area (Å²) in [6, 6.07) is 0. The molecule has 2 aromatic rings. The summed E-state index contributed by atoms with van der Waals surface area (Å²) in [6.45, 7) is 0. The fourth-order valence-corrected chi connectivity index (χ4v) is 1.40. The van der Waals surface area contributed by atoms with Crippen LogP contribution in [0.5, 0.6) is 0 Å². The number of carboxylic acid groups (broad SMARTS) is 2. The smallest absolute Gasteiger partial charge is 0.528 e. The third-order valence-electron chi connectivity index (χ3n) is 0.596. The first-order valence-electron chi connectivity index (χ1n) is 2.33. The molecule has 0 spiro atoms. The Balaban J connectivity index is 0.000000206. The Morgan fingerprint density at radius 2 is 1.08 bits per heavy atom. The average Bonchev–Trinajstić information content (AvgIpc) is 2.85. The van der Waals surface area contributed by atoms with Gasteiger partial charge in [0.1, 0.15) is 0 Å². The Labute approximate surface area is 99.7 Å². The van der Waals surface area contributed by atoms with E-state index in [0.29, 0.717) is 0 Å². The monoisotopic (exact) mass is 308 g/mol. The van der Waals surface area contributed by atoms with Crippen molar-refractivity contribution in [1.82, 2.24) is 6.69 Å². The average molecular weight is 310 g/mol. The van der Waals surface area contributed by atoms with Crippen LogP contribution in [0, 0.1) is 0 Å². The Bertz CT molecular complexity index is 296. The van der Waals surface area contributed by atoms with E-state index in [1.807, 2.05) is 0 Å². The molecular weight excluding hydrogens is 310 g/mol. The van der Waals surface area contributed by atoms with Crippen LogP contribution >= 0.6 is 42.1 Å². The Morgan fingerprint density at radius 1 is 0.846 bits per heavy atom. The van der Waals surface area contributed by atoms with Gasteiger partial charge in [-0.3, -0.25) is 0 Å². The minimum atomic E-state index is -1.12. The molecule has 68 valence electrons. The summed E-state index contributed by atoms with van der Waals surface area (Å²) >= 11 is 0. The van der Waals surface area contributed by atoms with Crippen LogP contribution in [-0.4, -0.2) is 18.9 Å². The molecule has 6 nitrogen and oxygen atoms in total. The van der Waals surface area contributed by atoms with Gasteiger partial charge in [0.2, 0.25) is 0 Å². The quantitative estimate of drug-likeness (QED) is 0.489. The molecule has 0 aliphatic heterocycles. The molecule has 0 radical (unpaired) electrons. The second-order valence-corrected chi connectivity index (χ2v) is 5.65. The predicted molar refractivity (Wildman–Crippen MR) is 42.0 cm³/mol. The maximum atomic E-state index is 9.53. The summed E-state index contributed by atoms with van der Waals surface area (Å²) in [5, 5.41) is 19.1. The zero-order chi connectivity index (χ0) is 9.14. The van der Waals surface area contributed by atoms with Gasteiger partial charge in [-0.15, -0.1) is 0 Å². The molecule has 0 aliphatic rings. The minimum absolute atomic E-state index is 0. The van der Waals surface area contributed by atoms with Crippen molar-refractivity contribution in [2.24, 2.45) is 0 Å². The molecule has 11 heteroatoms. The van der Waals surface area contributed by atoms with Gasteiger partial charge >= 0.3 is 19.5 Å².